The van der Waals surface area contributed by atoms with Crippen molar-refractivity contribution in [2.75, 3.05) is 6.54 Å². The number of nitrogens with zero attached hydrogens (tertiary/aromatic N) is 2. The van der Waals surface area contributed by atoms with Gasteiger partial charge in [-0.3, -0.25) is 4.79 Å². The van der Waals surface area contributed by atoms with Crippen LogP contribution in [-0.2, 0) is 4.79 Å². The second-order valence-corrected chi connectivity index (χ2v) is 6.10. The van der Waals surface area contributed by atoms with E-state index in [0.717, 1.165) is 0 Å². The van der Waals surface area contributed by atoms with Crippen molar-refractivity contribution in [2.24, 2.45) is 0 Å². The molecule has 6 nitrogen and oxygen atoms in total. The molecular formula is C16H15ClN2O4. The summed E-state index contributed by atoms with van der Waals surface area (Å²) in [5, 5.41) is 13.7. The number of amides is 1. The SMILES string of the molecule is CC1(C(=O)O)CCCN1C(=O)c1cc(-c2ccccc2Cl)on1. The zero-order valence-corrected chi connectivity index (χ0v) is 13.2. The molecule has 0 radical (unpaired) electrons. The third kappa shape index (κ3) is 2.59. The Kier molecular flexibility index (Phi) is 3.85. The Bertz CT molecular complexity index is 773. The lowest BCUT2D eigenvalue weighted by Crippen LogP contribution is -2.50. The molecule has 0 aliphatic carbocycles. The first-order chi connectivity index (χ1) is 10.9. The summed E-state index contributed by atoms with van der Waals surface area (Å²) in [6.07, 6.45) is 1.06. The fourth-order valence-electron chi connectivity index (χ4n) is 2.81. The number of aliphatic carboxylic acids is 1. The Morgan fingerprint density at radius 2 is 2.13 bits per heavy atom. The molecule has 1 fully saturated rings. The van der Waals surface area contributed by atoms with Gasteiger partial charge in [-0.05, 0) is 31.9 Å². The number of carbonyl (C=O) groups excluding carboxylic acids is 1. The molecule has 2 heterocycles. The molecule has 1 unspecified atom stereocenters. The van der Waals surface area contributed by atoms with Gasteiger partial charge >= 0.3 is 5.97 Å². The van der Waals surface area contributed by atoms with Crippen molar-refractivity contribution in [3.8, 4) is 11.3 Å². The minimum atomic E-state index is -1.21. The second kappa shape index (κ2) is 5.70. The van der Waals surface area contributed by atoms with Crippen molar-refractivity contribution in [1.82, 2.24) is 10.1 Å². The molecule has 0 saturated carbocycles. The number of carboxylic acids is 1. The van der Waals surface area contributed by atoms with Gasteiger partial charge in [0.05, 0.1) is 5.02 Å². The van der Waals surface area contributed by atoms with Crippen LogP contribution in [0, 0.1) is 0 Å². The molecular weight excluding hydrogens is 320 g/mol. The summed E-state index contributed by atoms with van der Waals surface area (Å²) in [7, 11) is 0. The van der Waals surface area contributed by atoms with E-state index in [2.05, 4.69) is 5.16 Å². The molecule has 1 aliphatic rings. The molecule has 1 aromatic heterocycles. The first-order valence-corrected chi connectivity index (χ1v) is 7.58. The average molecular weight is 335 g/mol. The van der Waals surface area contributed by atoms with Gasteiger partial charge in [0.1, 0.15) is 5.54 Å². The van der Waals surface area contributed by atoms with E-state index in [1.165, 1.54) is 11.0 Å². The third-order valence-corrected chi connectivity index (χ3v) is 4.55. The summed E-state index contributed by atoms with van der Waals surface area (Å²) < 4.78 is 5.21. The standard InChI is InChI=1S/C16H15ClN2O4/c1-16(15(21)22)7-4-8-19(16)14(20)12-9-13(23-18-12)10-5-2-3-6-11(10)17/h2-3,5-6,9H,4,7-8H2,1H3,(H,21,22). The Morgan fingerprint density at radius 3 is 2.83 bits per heavy atom. The summed E-state index contributed by atoms with van der Waals surface area (Å²) in [4.78, 5) is 25.4. The maximum absolute atomic E-state index is 12.6. The van der Waals surface area contributed by atoms with Crippen molar-refractivity contribution in [1.29, 1.82) is 0 Å². The van der Waals surface area contributed by atoms with Gasteiger partial charge in [0, 0.05) is 18.2 Å². The van der Waals surface area contributed by atoms with Crippen molar-refractivity contribution >= 4 is 23.5 Å². The lowest BCUT2D eigenvalue weighted by molar-refractivity contribution is -0.147. The molecule has 1 aromatic carbocycles. The zero-order valence-electron chi connectivity index (χ0n) is 12.5. The highest BCUT2D eigenvalue weighted by atomic mass is 35.5. The van der Waals surface area contributed by atoms with E-state index in [1.54, 1.807) is 31.2 Å². The number of hydrogen-bond acceptors (Lipinski definition) is 4. The molecule has 1 atom stereocenters. The van der Waals surface area contributed by atoms with E-state index in [4.69, 9.17) is 16.1 Å². The number of aromatic nitrogens is 1. The van der Waals surface area contributed by atoms with Gasteiger partial charge < -0.3 is 14.5 Å². The highest BCUT2D eigenvalue weighted by Crippen LogP contribution is 2.32. The Morgan fingerprint density at radius 1 is 1.39 bits per heavy atom. The van der Waals surface area contributed by atoms with Crippen LogP contribution in [0.15, 0.2) is 34.9 Å². The third-order valence-electron chi connectivity index (χ3n) is 4.22. The van der Waals surface area contributed by atoms with Crippen LogP contribution in [0.2, 0.25) is 5.02 Å². The quantitative estimate of drug-likeness (QED) is 0.932. The largest absolute Gasteiger partial charge is 0.480 e. The van der Waals surface area contributed by atoms with Gasteiger partial charge in [-0.15, -0.1) is 0 Å². The summed E-state index contributed by atoms with van der Waals surface area (Å²) in [6.45, 7) is 1.94. The van der Waals surface area contributed by atoms with Crippen LogP contribution < -0.4 is 0 Å². The monoisotopic (exact) mass is 334 g/mol. The molecule has 7 heteroatoms. The van der Waals surface area contributed by atoms with Gasteiger partial charge in [-0.1, -0.05) is 28.9 Å². The van der Waals surface area contributed by atoms with E-state index in [1.807, 2.05) is 0 Å². The number of carboxylic acid groups (broad SMARTS) is 1. The van der Waals surface area contributed by atoms with Crippen molar-refractivity contribution in [3.63, 3.8) is 0 Å². The molecule has 1 aliphatic heterocycles. The fourth-order valence-corrected chi connectivity index (χ4v) is 3.04. The van der Waals surface area contributed by atoms with Crippen LogP contribution in [-0.4, -0.2) is 39.1 Å². The Labute approximate surface area is 137 Å². The maximum atomic E-state index is 12.6. The fraction of sp³-hybridized carbons (Fsp3) is 0.312. The molecule has 1 saturated heterocycles. The van der Waals surface area contributed by atoms with E-state index in [9.17, 15) is 14.7 Å². The number of hydrogen-bond donors (Lipinski definition) is 1. The van der Waals surface area contributed by atoms with Crippen molar-refractivity contribution < 1.29 is 19.2 Å². The van der Waals surface area contributed by atoms with E-state index < -0.39 is 17.4 Å². The van der Waals surface area contributed by atoms with Crippen molar-refractivity contribution in [3.05, 3.63) is 41.0 Å². The number of likely N-dealkylation sites (tertiary alicyclic amines) is 1. The molecule has 1 N–H and O–H groups in total. The van der Waals surface area contributed by atoms with Gasteiger partial charge in [-0.2, -0.15) is 0 Å². The predicted octanol–water partition coefficient (Wildman–Crippen LogP) is 3.07. The van der Waals surface area contributed by atoms with Gasteiger partial charge in [-0.25, -0.2) is 4.79 Å². The summed E-state index contributed by atoms with van der Waals surface area (Å²) >= 11 is 6.10. The summed E-state index contributed by atoms with van der Waals surface area (Å²) in [5.41, 5.74) is -0.502. The van der Waals surface area contributed by atoms with Gasteiger partial charge in [0.2, 0.25) is 0 Å². The van der Waals surface area contributed by atoms with Crippen LogP contribution in [0.1, 0.15) is 30.3 Å². The first kappa shape index (κ1) is 15.6. The number of carbonyl (C=O) groups is 2. The number of benzene rings is 1. The molecule has 0 spiro atoms. The maximum Gasteiger partial charge on any atom is 0.329 e. The highest BCUT2D eigenvalue weighted by molar-refractivity contribution is 6.33. The minimum Gasteiger partial charge on any atom is -0.480 e. The molecule has 120 valence electrons. The average Bonchev–Trinajstić information content (AvgIpc) is 3.15. The predicted molar refractivity (Wildman–Crippen MR) is 83.3 cm³/mol. The van der Waals surface area contributed by atoms with Gasteiger partial charge in [0.15, 0.2) is 11.5 Å². The topological polar surface area (TPSA) is 83.6 Å². The van der Waals surface area contributed by atoms with Crippen LogP contribution in [0.25, 0.3) is 11.3 Å². The number of halogens is 1. The molecule has 2 aromatic rings. The Hall–Kier alpha value is -2.34. The second-order valence-electron chi connectivity index (χ2n) is 5.70. The van der Waals surface area contributed by atoms with Crippen LogP contribution in [0.5, 0.6) is 0 Å². The molecule has 1 amide bonds. The first-order valence-electron chi connectivity index (χ1n) is 7.20. The zero-order chi connectivity index (χ0) is 16.6. The van der Waals surface area contributed by atoms with Crippen LogP contribution >= 0.6 is 11.6 Å². The Balaban J connectivity index is 1.90. The lowest BCUT2D eigenvalue weighted by Gasteiger charge is -2.30. The molecule has 23 heavy (non-hydrogen) atoms. The summed E-state index contributed by atoms with van der Waals surface area (Å²) in [6, 6.07) is 8.55. The van der Waals surface area contributed by atoms with Crippen LogP contribution in [0.4, 0.5) is 0 Å². The smallest absolute Gasteiger partial charge is 0.329 e. The summed E-state index contributed by atoms with van der Waals surface area (Å²) in [5.74, 6) is -1.09. The van der Waals surface area contributed by atoms with Crippen molar-refractivity contribution in [2.45, 2.75) is 25.3 Å². The van der Waals surface area contributed by atoms with E-state index >= 15 is 0 Å². The van der Waals surface area contributed by atoms with E-state index in [0.29, 0.717) is 35.7 Å². The number of rotatable bonds is 3. The normalized spacial score (nSPS) is 20.7. The van der Waals surface area contributed by atoms with Gasteiger partial charge in [0.25, 0.3) is 5.91 Å². The highest BCUT2D eigenvalue weighted by Gasteiger charge is 2.46. The van der Waals surface area contributed by atoms with Crippen LogP contribution in [0.3, 0.4) is 0 Å². The minimum absolute atomic E-state index is 0.0781. The van der Waals surface area contributed by atoms with E-state index in [-0.39, 0.29) is 5.69 Å². The molecule has 0 bridgehead atoms. The lowest BCUT2D eigenvalue weighted by atomic mass is 9.99. The molecule has 3 rings (SSSR count).